The quantitative estimate of drug-likeness (QED) is 0.280. The lowest BCUT2D eigenvalue weighted by atomic mass is 9.85. The molecule has 0 saturated heterocycles. The molecule has 0 aliphatic carbocycles. The summed E-state index contributed by atoms with van der Waals surface area (Å²) in [6.07, 6.45) is 1.56. The first-order valence-corrected chi connectivity index (χ1v) is 11.7. The molecule has 1 aliphatic heterocycles. The number of hydrogen-bond acceptors (Lipinski definition) is 4. The van der Waals surface area contributed by atoms with E-state index in [9.17, 15) is 10.0 Å². The first kappa shape index (κ1) is 22.4. The van der Waals surface area contributed by atoms with Gasteiger partial charge in [0.2, 0.25) is 5.52 Å². The molecule has 5 nitrogen and oxygen atoms in total. The molecule has 0 N–H and O–H groups in total. The summed E-state index contributed by atoms with van der Waals surface area (Å²) >= 11 is 0. The van der Waals surface area contributed by atoms with Gasteiger partial charge in [0.1, 0.15) is 11.9 Å². The number of carbonyl (C=O) groups excluding carboxylic acids is 1. The van der Waals surface area contributed by atoms with Crippen LogP contribution < -0.4 is 9.47 Å². The van der Waals surface area contributed by atoms with E-state index in [1.165, 1.54) is 0 Å². The zero-order valence-electron chi connectivity index (χ0n) is 20.3. The molecule has 0 bridgehead atoms. The fourth-order valence-corrected chi connectivity index (χ4v) is 5.06. The van der Waals surface area contributed by atoms with E-state index < -0.39 is 11.7 Å². The number of ketones is 1. The fourth-order valence-electron chi connectivity index (χ4n) is 5.06. The Balaban J connectivity index is 1.94. The van der Waals surface area contributed by atoms with E-state index >= 15 is 0 Å². The largest absolute Gasteiger partial charge is 0.618 e. The van der Waals surface area contributed by atoms with Crippen LogP contribution in [0, 0.1) is 12.1 Å². The number of fused-ring (bicyclic) bond motifs is 1. The highest BCUT2D eigenvalue weighted by molar-refractivity contribution is 6.08. The van der Waals surface area contributed by atoms with Gasteiger partial charge in [-0.05, 0) is 74.2 Å². The van der Waals surface area contributed by atoms with Crippen molar-refractivity contribution in [2.75, 3.05) is 6.61 Å². The standard InChI is InChI=1S/C29H29NO4/c1-17-16-20-8-6-7-9-21(20)26(24(17)28(18(2)31)34-29(3,4)5)22-10-11-23-25-19(13-15-33-23)12-14-30(32)27(22)25/h6-12,14,16,28H,13,15H2,1-5H3/t28-/m1/s1. The predicted molar refractivity (Wildman–Crippen MR) is 134 cm³/mol. The van der Waals surface area contributed by atoms with Gasteiger partial charge in [-0.2, -0.15) is 4.73 Å². The van der Waals surface area contributed by atoms with Gasteiger partial charge < -0.3 is 14.7 Å². The third kappa shape index (κ3) is 3.70. The van der Waals surface area contributed by atoms with Crippen molar-refractivity contribution in [2.45, 2.75) is 52.7 Å². The van der Waals surface area contributed by atoms with E-state index in [-0.39, 0.29) is 5.78 Å². The molecule has 4 aromatic rings. The second-order valence-electron chi connectivity index (χ2n) is 10.0. The Hall–Kier alpha value is -3.44. The number of ether oxygens (including phenoxy) is 2. The minimum atomic E-state index is -0.762. The third-order valence-electron chi connectivity index (χ3n) is 6.39. The van der Waals surface area contributed by atoms with Crippen LogP contribution >= 0.6 is 0 Å². The number of pyridine rings is 1. The van der Waals surface area contributed by atoms with Gasteiger partial charge in [0.15, 0.2) is 12.0 Å². The van der Waals surface area contributed by atoms with E-state index in [1.807, 2.05) is 64.1 Å². The van der Waals surface area contributed by atoms with Gasteiger partial charge in [0.25, 0.3) is 0 Å². The molecule has 174 valence electrons. The number of aryl methyl sites for hydroxylation is 1. The predicted octanol–water partition coefficient (Wildman–Crippen LogP) is 5.98. The molecular formula is C29H29NO4. The second kappa shape index (κ2) is 8.10. The lowest BCUT2D eigenvalue weighted by molar-refractivity contribution is -0.576. The van der Waals surface area contributed by atoms with Crippen molar-refractivity contribution in [3.8, 4) is 16.9 Å². The molecule has 1 aromatic heterocycles. The van der Waals surface area contributed by atoms with E-state index in [0.29, 0.717) is 12.1 Å². The highest BCUT2D eigenvalue weighted by atomic mass is 16.5. The molecule has 1 atom stereocenters. The van der Waals surface area contributed by atoms with Gasteiger partial charge >= 0.3 is 0 Å². The molecule has 0 unspecified atom stereocenters. The smallest absolute Gasteiger partial charge is 0.235 e. The van der Waals surface area contributed by atoms with Crippen molar-refractivity contribution in [3.63, 3.8) is 0 Å². The maximum Gasteiger partial charge on any atom is 0.235 e. The van der Waals surface area contributed by atoms with Gasteiger partial charge in [0, 0.05) is 18.1 Å². The maximum absolute atomic E-state index is 13.2. The normalized spacial score (nSPS) is 14.3. The number of carbonyl (C=O) groups is 1. The molecule has 5 rings (SSSR count). The first-order valence-electron chi connectivity index (χ1n) is 11.7. The number of hydrogen-bond donors (Lipinski definition) is 0. The van der Waals surface area contributed by atoms with Crippen molar-refractivity contribution in [3.05, 3.63) is 76.6 Å². The summed E-state index contributed by atoms with van der Waals surface area (Å²) in [5.41, 5.74) is 4.52. The lowest BCUT2D eigenvalue weighted by Crippen LogP contribution is -2.29. The Bertz CT molecular complexity index is 1440. The van der Waals surface area contributed by atoms with Gasteiger partial charge in [-0.1, -0.05) is 30.3 Å². The van der Waals surface area contributed by atoms with Crippen LogP contribution in [0.15, 0.2) is 54.7 Å². The average molecular weight is 456 g/mol. The van der Waals surface area contributed by atoms with Crippen LogP contribution in [0.5, 0.6) is 5.75 Å². The van der Waals surface area contributed by atoms with Crippen LogP contribution in [0.1, 0.15) is 50.5 Å². The Morgan fingerprint density at radius 3 is 2.65 bits per heavy atom. The number of nitrogens with zero attached hydrogens (tertiary/aromatic N) is 1. The summed E-state index contributed by atoms with van der Waals surface area (Å²) in [6.45, 7) is 10.0. The molecule has 3 aromatic carbocycles. The van der Waals surface area contributed by atoms with Crippen molar-refractivity contribution < 1.29 is 19.0 Å². The van der Waals surface area contributed by atoms with E-state index in [1.54, 1.807) is 13.1 Å². The van der Waals surface area contributed by atoms with Gasteiger partial charge in [-0.15, -0.1) is 0 Å². The zero-order valence-corrected chi connectivity index (χ0v) is 20.3. The second-order valence-corrected chi connectivity index (χ2v) is 10.0. The van der Waals surface area contributed by atoms with Crippen LogP contribution in [-0.4, -0.2) is 18.0 Å². The zero-order chi connectivity index (χ0) is 24.2. The molecule has 1 aliphatic rings. The molecule has 0 radical (unpaired) electrons. The summed E-state index contributed by atoms with van der Waals surface area (Å²) in [4.78, 5) is 13.0. The molecule has 0 amide bonds. The van der Waals surface area contributed by atoms with Crippen LogP contribution in [-0.2, 0) is 16.0 Å². The van der Waals surface area contributed by atoms with E-state index in [0.717, 1.165) is 60.9 Å². The van der Waals surface area contributed by atoms with E-state index in [4.69, 9.17) is 9.47 Å². The summed E-state index contributed by atoms with van der Waals surface area (Å²) in [5, 5.41) is 16.1. The van der Waals surface area contributed by atoms with Crippen molar-refractivity contribution in [1.29, 1.82) is 0 Å². The lowest BCUT2D eigenvalue weighted by Gasteiger charge is -2.30. The van der Waals surface area contributed by atoms with Crippen LogP contribution in [0.3, 0.4) is 0 Å². The Labute approximate surface area is 199 Å². The number of rotatable bonds is 4. The summed E-state index contributed by atoms with van der Waals surface area (Å²) in [7, 11) is 0. The summed E-state index contributed by atoms with van der Waals surface area (Å²) in [5.74, 6) is 0.647. The minimum absolute atomic E-state index is 0.0735. The van der Waals surface area contributed by atoms with Crippen molar-refractivity contribution in [1.82, 2.24) is 0 Å². The topological polar surface area (TPSA) is 62.5 Å². The molecule has 0 saturated carbocycles. The summed E-state index contributed by atoms with van der Waals surface area (Å²) < 4.78 is 13.2. The number of Topliss-reactive ketones (excluding diaryl/α,β-unsaturated/α-hetero) is 1. The van der Waals surface area contributed by atoms with Gasteiger partial charge in [-0.25, -0.2) is 0 Å². The SMILES string of the molecule is CC(=O)[C@@H](OC(C)(C)C)c1c(C)cc2ccccc2c1-c1ccc2c3c(cc[n+]([O-])c13)CCO2. The number of benzene rings is 3. The van der Waals surface area contributed by atoms with Gasteiger partial charge in [-0.3, -0.25) is 4.79 Å². The highest BCUT2D eigenvalue weighted by Crippen LogP contribution is 2.44. The van der Waals surface area contributed by atoms with Crippen LogP contribution in [0.25, 0.3) is 32.8 Å². The number of aromatic nitrogens is 1. The fraction of sp³-hybridized carbons (Fsp3) is 0.310. The minimum Gasteiger partial charge on any atom is -0.618 e. The monoisotopic (exact) mass is 455 g/mol. The Morgan fingerprint density at radius 2 is 1.91 bits per heavy atom. The third-order valence-corrected chi connectivity index (χ3v) is 6.39. The molecule has 34 heavy (non-hydrogen) atoms. The highest BCUT2D eigenvalue weighted by Gasteiger charge is 2.32. The van der Waals surface area contributed by atoms with E-state index in [2.05, 4.69) is 12.1 Å². The average Bonchev–Trinajstić information content (AvgIpc) is 2.78. The molecule has 0 fully saturated rings. The van der Waals surface area contributed by atoms with Crippen molar-refractivity contribution in [2.24, 2.45) is 0 Å². The molecule has 0 spiro atoms. The Kier molecular flexibility index (Phi) is 5.33. The molecule has 2 heterocycles. The summed E-state index contributed by atoms with van der Waals surface area (Å²) in [6, 6.07) is 15.9. The molecular weight excluding hydrogens is 426 g/mol. The van der Waals surface area contributed by atoms with Crippen molar-refractivity contribution >= 4 is 27.5 Å². The first-order chi connectivity index (χ1) is 16.2. The Morgan fingerprint density at radius 1 is 1.15 bits per heavy atom. The van der Waals surface area contributed by atoms with Crippen LogP contribution in [0.2, 0.25) is 0 Å². The maximum atomic E-state index is 13.2. The van der Waals surface area contributed by atoms with Crippen LogP contribution in [0.4, 0.5) is 0 Å². The van der Waals surface area contributed by atoms with Gasteiger partial charge in [0.05, 0.1) is 23.2 Å². The molecule has 5 heteroatoms.